The second-order valence-electron chi connectivity index (χ2n) is 4.34. The van der Waals surface area contributed by atoms with Crippen molar-refractivity contribution in [2.24, 2.45) is 0 Å². The average molecular weight is 274 g/mol. The van der Waals surface area contributed by atoms with E-state index < -0.39 is 8.80 Å². The molecule has 0 saturated heterocycles. The summed E-state index contributed by atoms with van der Waals surface area (Å²) in [7, 11) is -2.58. The van der Waals surface area contributed by atoms with Gasteiger partial charge in [0.1, 0.15) is 0 Å². The summed E-state index contributed by atoms with van der Waals surface area (Å²) in [5, 5.41) is 0. The summed E-state index contributed by atoms with van der Waals surface area (Å²) in [6, 6.07) is 0. The molecule has 0 aliphatic heterocycles. The van der Waals surface area contributed by atoms with Crippen LogP contribution in [0.25, 0.3) is 0 Å². The SMILES string of the molecule is CCC/C=C/[Si](OCCC)(OCCC)OCCC. The third-order valence-corrected chi connectivity index (χ3v) is 4.76. The predicted molar refractivity (Wildman–Crippen MR) is 78.5 cm³/mol. The normalized spacial score (nSPS) is 12.4. The predicted octanol–water partition coefficient (Wildman–Crippen LogP) is 4.10. The van der Waals surface area contributed by atoms with Gasteiger partial charge >= 0.3 is 8.80 Å². The number of rotatable bonds is 12. The van der Waals surface area contributed by atoms with Gasteiger partial charge in [0, 0.05) is 19.8 Å². The monoisotopic (exact) mass is 274 g/mol. The molecule has 0 saturated carbocycles. The van der Waals surface area contributed by atoms with Crippen LogP contribution in [0.2, 0.25) is 0 Å². The summed E-state index contributed by atoms with van der Waals surface area (Å²) in [5.41, 5.74) is 2.07. The number of allylic oxidation sites excluding steroid dienone is 1. The van der Waals surface area contributed by atoms with Gasteiger partial charge in [-0.05, 0) is 31.4 Å². The van der Waals surface area contributed by atoms with E-state index in [1.54, 1.807) is 0 Å². The fourth-order valence-corrected chi connectivity index (χ4v) is 3.86. The standard InChI is InChI=1S/C14H30O3Si/c1-5-9-10-14-18(15-11-6-2,16-12-7-3)17-13-8-4/h10,14H,5-9,11-13H2,1-4H3/b14-10+. The van der Waals surface area contributed by atoms with E-state index in [-0.39, 0.29) is 0 Å². The Morgan fingerprint density at radius 2 is 1.17 bits per heavy atom. The lowest BCUT2D eigenvalue weighted by molar-refractivity contribution is 0.0715. The minimum atomic E-state index is -2.58. The highest BCUT2D eigenvalue weighted by atomic mass is 28.4. The summed E-state index contributed by atoms with van der Waals surface area (Å²) in [5.74, 6) is 0. The van der Waals surface area contributed by atoms with Crippen molar-refractivity contribution in [3.05, 3.63) is 11.8 Å². The molecule has 0 spiro atoms. The van der Waals surface area contributed by atoms with Crippen LogP contribution in [-0.2, 0) is 13.3 Å². The molecular weight excluding hydrogens is 244 g/mol. The van der Waals surface area contributed by atoms with Gasteiger partial charge in [0.25, 0.3) is 0 Å². The van der Waals surface area contributed by atoms with Crippen molar-refractivity contribution in [2.45, 2.75) is 59.8 Å². The van der Waals surface area contributed by atoms with Crippen LogP contribution in [0.5, 0.6) is 0 Å². The van der Waals surface area contributed by atoms with Crippen LogP contribution >= 0.6 is 0 Å². The molecule has 4 heteroatoms. The molecule has 18 heavy (non-hydrogen) atoms. The minimum Gasteiger partial charge on any atom is -0.370 e. The largest absolute Gasteiger partial charge is 0.529 e. The van der Waals surface area contributed by atoms with E-state index in [0.29, 0.717) is 19.8 Å². The first-order valence-electron chi connectivity index (χ1n) is 7.34. The van der Waals surface area contributed by atoms with Gasteiger partial charge in [-0.25, -0.2) is 0 Å². The Balaban J connectivity index is 4.61. The molecule has 0 bridgehead atoms. The van der Waals surface area contributed by atoms with Gasteiger partial charge in [0.2, 0.25) is 0 Å². The molecule has 0 aliphatic carbocycles. The van der Waals surface area contributed by atoms with E-state index in [1.807, 2.05) is 0 Å². The average Bonchev–Trinajstić information content (AvgIpc) is 2.40. The molecular formula is C14H30O3Si. The zero-order chi connectivity index (χ0) is 13.7. The first-order chi connectivity index (χ1) is 8.74. The van der Waals surface area contributed by atoms with Crippen LogP contribution in [0.15, 0.2) is 11.8 Å². The molecule has 0 heterocycles. The van der Waals surface area contributed by atoms with Gasteiger partial charge in [0.05, 0.1) is 0 Å². The zero-order valence-corrected chi connectivity index (χ0v) is 13.5. The Bertz CT molecular complexity index is 185. The summed E-state index contributed by atoms with van der Waals surface area (Å²) in [6.45, 7) is 10.6. The molecule has 0 atom stereocenters. The Hall–Kier alpha value is -0.163. The Kier molecular flexibility index (Phi) is 11.8. The van der Waals surface area contributed by atoms with E-state index in [9.17, 15) is 0 Å². The maximum atomic E-state index is 5.94. The van der Waals surface area contributed by atoms with Crippen molar-refractivity contribution in [3.63, 3.8) is 0 Å². The number of hydrogen-bond acceptors (Lipinski definition) is 3. The van der Waals surface area contributed by atoms with Crippen molar-refractivity contribution in [2.75, 3.05) is 19.8 Å². The molecule has 0 N–H and O–H groups in total. The van der Waals surface area contributed by atoms with Gasteiger partial charge in [-0.1, -0.05) is 40.2 Å². The molecule has 0 radical (unpaired) electrons. The maximum absolute atomic E-state index is 5.94. The van der Waals surface area contributed by atoms with Gasteiger partial charge < -0.3 is 13.3 Å². The highest BCUT2D eigenvalue weighted by Gasteiger charge is 2.37. The Morgan fingerprint density at radius 3 is 1.50 bits per heavy atom. The van der Waals surface area contributed by atoms with E-state index in [1.165, 1.54) is 0 Å². The van der Waals surface area contributed by atoms with Crippen LogP contribution in [0, 0.1) is 0 Å². The quantitative estimate of drug-likeness (QED) is 0.501. The molecule has 0 fully saturated rings. The Labute approximate surface area is 114 Å². The van der Waals surface area contributed by atoms with Crippen LogP contribution in [0.3, 0.4) is 0 Å². The van der Waals surface area contributed by atoms with Gasteiger partial charge in [-0.15, -0.1) is 0 Å². The van der Waals surface area contributed by atoms with Crippen LogP contribution < -0.4 is 0 Å². The van der Waals surface area contributed by atoms with E-state index in [2.05, 4.69) is 39.5 Å². The van der Waals surface area contributed by atoms with Gasteiger partial charge in [-0.3, -0.25) is 0 Å². The zero-order valence-electron chi connectivity index (χ0n) is 12.5. The van der Waals surface area contributed by atoms with Crippen molar-refractivity contribution in [1.29, 1.82) is 0 Å². The first kappa shape index (κ1) is 17.8. The second kappa shape index (κ2) is 11.9. The fourth-order valence-electron chi connectivity index (χ4n) is 1.40. The van der Waals surface area contributed by atoms with Gasteiger partial charge in [0.15, 0.2) is 0 Å². The topological polar surface area (TPSA) is 27.7 Å². The van der Waals surface area contributed by atoms with E-state index in [0.717, 1.165) is 32.1 Å². The van der Waals surface area contributed by atoms with Crippen LogP contribution in [-0.4, -0.2) is 28.6 Å². The second-order valence-corrected chi connectivity index (χ2v) is 6.75. The van der Waals surface area contributed by atoms with Crippen molar-refractivity contribution in [1.82, 2.24) is 0 Å². The smallest absolute Gasteiger partial charge is 0.370 e. The number of unbranched alkanes of at least 4 members (excludes halogenated alkanes) is 1. The first-order valence-corrected chi connectivity index (χ1v) is 9.14. The third-order valence-electron chi connectivity index (χ3n) is 2.30. The molecule has 0 aromatic rings. The lowest BCUT2D eigenvalue weighted by Crippen LogP contribution is -2.45. The molecule has 0 unspecified atom stereocenters. The molecule has 108 valence electrons. The molecule has 0 aliphatic rings. The van der Waals surface area contributed by atoms with Crippen molar-refractivity contribution in [3.8, 4) is 0 Å². The molecule has 0 aromatic carbocycles. The minimum absolute atomic E-state index is 0.704. The Morgan fingerprint density at radius 1 is 0.722 bits per heavy atom. The van der Waals surface area contributed by atoms with Crippen molar-refractivity contribution >= 4 is 8.80 Å². The fraction of sp³-hybridized carbons (Fsp3) is 0.857. The van der Waals surface area contributed by atoms with E-state index in [4.69, 9.17) is 13.3 Å². The highest BCUT2D eigenvalue weighted by molar-refractivity contribution is 6.66. The summed E-state index contributed by atoms with van der Waals surface area (Å²) < 4.78 is 17.8. The summed E-state index contributed by atoms with van der Waals surface area (Å²) in [4.78, 5) is 0. The third kappa shape index (κ3) is 8.03. The summed E-state index contributed by atoms with van der Waals surface area (Å²) in [6.07, 6.45) is 7.29. The van der Waals surface area contributed by atoms with Crippen LogP contribution in [0.1, 0.15) is 59.8 Å². The van der Waals surface area contributed by atoms with E-state index >= 15 is 0 Å². The lowest BCUT2D eigenvalue weighted by Gasteiger charge is -2.26. The van der Waals surface area contributed by atoms with Crippen LogP contribution in [0.4, 0.5) is 0 Å². The van der Waals surface area contributed by atoms with Gasteiger partial charge in [-0.2, -0.15) is 0 Å². The van der Waals surface area contributed by atoms with Crippen molar-refractivity contribution < 1.29 is 13.3 Å². The highest BCUT2D eigenvalue weighted by Crippen LogP contribution is 2.14. The molecule has 3 nitrogen and oxygen atoms in total. The maximum Gasteiger partial charge on any atom is 0.529 e. The lowest BCUT2D eigenvalue weighted by atomic mass is 10.3. The number of hydrogen-bond donors (Lipinski definition) is 0. The molecule has 0 aromatic heterocycles. The molecule has 0 amide bonds. The molecule has 0 rings (SSSR count). The summed E-state index contributed by atoms with van der Waals surface area (Å²) >= 11 is 0.